The van der Waals surface area contributed by atoms with Crippen LogP contribution in [-0.2, 0) is 6.18 Å². The molecule has 15 heavy (non-hydrogen) atoms. The van der Waals surface area contributed by atoms with Crippen molar-refractivity contribution >= 4 is 5.69 Å². The van der Waals surface area contributed by atoms with Crippen LogP contribution in [0.3, 0.4) is 0 Å². The molecular formula is C9H9F3N2O. The highest BCUT2D eigenvalue weighted by molar-refractivity contribution is 5.45. The van der Waals surface area contributed by atoms with Crippen molar-refractivity contribution in [1.29, 1.82) is 0 Å². The van der Waals surface area contributed by atoms with Crippen molar-refractivity contribution in [2.75, 3.05) is 5.73 Å². The van der Waals surface area contributed by atoms with E-state index in [2.05, 4.69) is 4.98 Å². The molecule has 0 saturated heterocycles. The minimum absolute atomic E-state index is 0.116. The predicted octanol–water partition coefficient (Wildman–Crippen LogP) is 2.22. The Hall–Kier alpha value is -1.46. The highest BCUT2D eigenvalue weighted by atomic mass is 19.4. The zero-order valence-electron chi connectivity index (χ0n) is 7.71. The summed E-state index contributed by atoms with van der Waals surface area (Å²) in [7, 11) is 0. The summed E-state index contributed by atoms with van der Waals surface area (Å²) in [5, 5.41) is 0. The number of alkyl halides is 3. The summed E-state index contributed by atoms with van der Waals surface area (Å²) in [5.74, 6) is -0.273. The molecule has 0 aromatic carbocycles. The molecule has 0 radical (unpaired) electrons. The summed E-state index contributed by atoms with van der Waals surface area (Å²) < 4.78 is 42.5. The van der Waals surface area contributed by atoms with Crippen molar-refractivity contribution in [3.63, 3.8) is 0 Å². The van der Waals surface area contributed by atoms with Gasteiger partial charge in [-0.2, -0.15) is 13.2 Å². The van der Waals surface area contributed by atoms with Crippen molar-refractivity contribution in [2.24, 2.45) is 0 Å². The van der Waals surface area contributed by atoms with Crippen LogP contribution in [0.5, 0.6) is 5.75 Å². The van der Waals surface area contributed by atoms with Gasteiger partial charge in [0.1, 0.15) is 0 Å². The van der Waals surface area contributed by atoms with Gasteiger partial charge < -0.3 is 10.5 Å². The van der Waals surface area contributed by atoms with Crippen LogP contribution in [0.4, 0.5) is 18.9 Å². The lowest BCUT2D eigenvalue weighted by atomic mass is 10.3. The summed E-state index contributed by atoms with van der Waals surface area (Å²) in [6.45, 7) is 0. The Balaban J connectivity index is 2.34. The largest absolute Gasteiger partial charge is 0.488 e. The van der Waals surface area contributed by atoms with Gasteiger partial charge in [-0.05, 0) is 12.8 Å². The van der Waals surface area contributed by atoms with E-state index in [9.17, 15) is 13.2 Å². The lowest BCUT2D eigenvalue weighted by Crippen LogP contribution is -2.12. The molecule has 1 aliphatic carbocycles. The van der Waals surface area contributed by atoms with E-state index in [-0.39, 0.29) is 17.5 Å². The zero-order valence-corrected chi connectivity index (χ0v) is 7.71. The minimum atomic E-state index is -4.50. The van der Waals surface area contributed by atoms with Crippen LogP contribution in [0.25, 0.3) is 0 Å². The molecule has 0 amide bonds. The molecule has 0 bridgehead atoms. The summed E-state index contributed by atoms with van der Waals surface area (Å²) in [4.78, 5) is 3.26. The van der Waals surface area contributed by atoms with Crippen LogP contribution in [0.2, 0.25) is 0 Å². The highest BCUT2D eigenvalue weighted by Gasteiger charge is 2.38. The predicted molar refractivity (Wildman–Crippen MR) is 47.3 cm³/mol. The third-order valence-corrected chi connectivity index (χ3v) is 1.96. The van der Waals surface area contributed by atoms with Gasteiger partial charge in [-0.25, -0.2) is 4.98 Å². The Kier molecular flexibility index (Phi) is 2.21. The smallest absolute Gasteiger partial charge is 0.437 e. The van der Waals surface area contributed by atoms with Crippen LogP contribution in [0.15, 0.2) is 12.3 Å². The van der Waals surface area contributed by atoms with Gasteiger partial charge in [-0.15, -0.1) is 0 Å². The van der Waals surface area contributed by atoms with E-state index < -0.39 is 11.9 Å². The first-order chi connectivity index (χ1) is 6.97. The number of anilines is 1. The Bertz CT molecular complexity index is 374. The first-order valence-electron chi connectivity index (χ1n) is 4.46. The van der Waals surface area contributed by atoms with E-state index in [1.54, 1.807) is 0 Å². The Morgan fingerprint density at radius 2 is 2.07 bits per heavy atom. The van der Waals surface area contributed by atoms with Crippen LogP contribution in [0, 0.1) is 0 Å². The van der Waals surface area contributed by atoms with Crippen LogP contribution < -0.4 is 10.5 Å². The molecule has 82 valence electrons. The number of hydrogen-bond acceptors (Lipinski definition) is 3. The fourth-order valence-electron chi connectivity index (χ4n) is 1.13. The van der Waals surface area contributed by atoms with Crippen molar-refractivity contribution in [1.82, 2.24) is 4.98 Å². The van der Waals surface area contributed by atoms with Crippen molar-refractivity contribution in [2.45, 2.75) is 25.1 Å². The van der Waals surface area contributed by atoms with Gasteiger partial charge in [0.05, 0.1) is 18.0 Å². The number of halogens is 3. The van der Waals surface area contributed by atoms with Gasteiger partial charge in [0.2, 0.25) is 0 Å². The lowest BCUT2D eigenvalue weighted by molar-refractivity contribution is -0.142. The summed E-state index contributed by atoms with van der Waals surface area (Å²) >= 11 is 0. The molecule has 1 fully saturated rings. The molecule has 0 unspecified atom stereocenters. The van der Waals surface area contributed by atoms with E-state index in [4.69, 9.17) is 10.5 Å². The van der Waals surface area contributed by atoms with Gasteiger partial charge in [-0.1, -0.05) is 0 Å². The average Bonchev–Trinajstić information content (AvgIpc) is 2.85. The zero-order chi connectivity index (χ0) is 11.1. The normalized spacial score (nSPS) is 16.5. The van der Waals surface area contributed by atoms with Gasteiger partial charge in [-0.3, -0.25) is 0 Å². The van der Waals surface area contributed by atoms with E-state index in [0.29, 0.717) is 0 Å². The van der Waals surface area contributed by atoms with Crippen LogP contribution in [0.1, 0.15) is 18.5 Å². The Labute approximate surface area is 84.1 Å². The molecule has 2 rings (SSSR count). The fraction of sp³-hybridized carbons (Fsp3) is 0.444. The third-order valence-electron chi connectivity index (χ3n) is 1.96. The standard InChI is InChI=1S/C9H9F3N2O/c10-9(11,12)8-7(15-6-1-2-6)3-5(13)4-14-8/h3-4,6H,1-2,13H2. The number of rotatable bonds is 2. The first-order valence-corrected chi connectivity index (χ1v) is 4.46. The molecule has 2 N–H and O–H groups in total. The summed E-state index contributed by atoms with van der Waals surface area (Å²) in [5.41, 5.74) is 4.51. The van der Waals surface area contributed by atoms with Gasteiger partial charge in [0.25, 0.3) is 0 Å². The number of hydrogen-bond donors (Lipinski definition) is 1. The number of ether oxygens (including phenoxy) is 1. The fourth-order valence-corrected chi connectivity index (χ4v) is 1.13. The molecule has 1 heterocycles. The molecule has 0 spiro atoms. The second-order valence-corrected chi connectivity index (χ2v) is 3.43. The molecule has 0 aliphatic heterocycles. The van der Waals surface area contributed by atoms with E-state index >= 15 is 0 Å². The van der Waals surface area contributed by atoms with E-state index in [0.717, 1.165) is 25.1 Å². The second kappa shape index (κ2) is 3.29. The van der Waals surface area contributed by atoms with Gasteiger partial charge in [0.15, 0.2) is 11.4 Å². The lowest BCUT2D eigenvalue weighted by Gasteiger charge is -2.12. The van der Waals surface area contributed by atoms with Gasteiger partial charge >= 0.3 is 6.18 Å². The number of nitrogens with zero attached hydrogens (tertiary/aromatic N) is 1. The highest BCUT2D eigenvalue weighted by Crippen LogP contribution is 2.38. The Morgan fingerprint density at radius 1 is 1.40 bits per heavy atom. The first kappa shape index (κ1) is 10.1. The maximum absolute atomic E-state index is 12.5. The average molecular weight is 218 g/mol. The van der Waals surface area contributed by atoms with Crippen LogP contribution in [-0.4, -0.2) is 11.1 Å². The molecule has 6 heteroatoms. The minimum Gasteiger partial charge on any atom is -0.488 e. The topological polar surface area (TPSA) is 48.1 Å². The number of nitrogen functional groups attached to an aromatic ring is 1. The Morgan fingerprint density at radius 3 is 2.60 bits per heavy atom. The number of aromatic nitrogens is 1. The van der Waals surface area contributed by atoms with Crippen molar-refractivity contribution in [3.05, 3.63) is 18.0 Å². The third kappa shape index (κ3) is 2.31. The van der Waals surface area contributed by atoms with Crippen molar-refractivity contribution in [3.8, 4) is 5.75 Å². The number of nitrogens with two attached hydrogens (primary N) is 1. The van der Waals surface area contributed by atoms with Crippen LogP contribution >= 0.6 is 0 Å². The second-order valence-electron chi connectivity index (χ2n) is 3.43. The molecule has 3 nitrogen and oxygen atoms in total. The maximum Gasteiger partial charge on any atom is 0.437 e. The van der Waals surface area contributed by atoms with E-state index in [1.165, 1.54) is 0 Å². The molecular weight excluding hydrogens is 209 g/mol. The monoisotopic (exact) mass is 218 g/mol. The summed E-state index contributed by atoms with van der Waals surface area (Å²) in [6, 6.07) is 1.16. The molecule has 0 atom stereocenters. The molecule has 1 aromatic heterocycles. The quantitative estimate of drug-likeness (QED) is 0.827. The molecule has 1 aromatic rings. The van der Waals surface area contributed by atoms with E-state index in [1.807, 2.05) is 0 Å². The molecule has 1 saturated carbocycles. The molecule has 1 aliphatic rings. The van der Waals surface area contributed by atoms with Crippen molar-refractivity contribution < 1.29 is 17.9 Å². The SMILES string of the molecule is Nc1cnc(C(F)(F)F)c(OC2CC2)c1. The summed E-state index contributed by atoms with van der Waals surface area (Å²) in [6.07, 6.45) is -2.08. The van der Waals surface area contributed by atoms with Gasteiger partial charge in [0, 0.05) is 6.07 Å². The maximum atomic E-state index is 12.5. The number of pyridine rings is 1.